The van der Waals surface area contributed by atoms with Gasteiger partial charge in [-0.05, 0) is 49.4 Å². The number of rotatable bonds is 4. The van der Waals surface area contributed by atoms with Gasteiger partial charge in [-0.25, -0.2) is 0 Å². The molecule has 3 rings (SSSR count). The molecule has 2 heteroatoms. The van der Waals surface area contributed by atoms with Crippen molar-refractivity contribution < 1.29 is 9.53 Å². The van der Waals surface area contributed by atoms with Gasteiger partial charge in [-0.1, -0.05) is 36.4 Å². The molecule has 21 heavy (non-hydrogen) atoms. The van der Waals surface area contributed by atoms with Gasteiger partial charge in [0.2, 0.25) is 0 Å². The molecule has 0 saturated heterocycles. The second kappa shape index (κ2) is 6.13. The second-order valence-electron chi connectivity index (χ2n) is 5.53. The molecular formula is C19H20O2. The molecule has 0 spiro atoms. The molecule has 0 N–H and O–H groups in total. The Hall–Kier alpha value is -2.09. The third-order valence-electron chi connectivity index (χ3n) is 4.15. The summed E-state index contributed by atoms with van der Waals surface area (Å²) >= 11 is 0. The number of hydrogen-bond donors (Lipinski definition) is 0. The summed E-state index contributed by atoms with van der Waals surface area (Å²) in [5.41, 5.74) is 3.48. The van der Waals surface area contributed by atoms with Crippen LogP contribution in [-0.2, 0) is 12.8 Å². The molecular weight excluding hydrogens is 260 g/mol. The van der Waals surface area contributed by atoms with Crippen molar-refractivity contribution in [1.29, 1.82) is 0 Å². The topological polar surface area (TPSA) is 26.3 Å². The number of carbonyl (C=O) groups excluding carboxylic acids is 1. The van der Waals surface area contributed by atoms with Crippen molar-refractivity contribution in [1.82, 2.24) is 0 Å². The molecule has 0 heterocycles. The Morgan fingerprint density at radius 1 is 1.14 bits per heavy atom. The zero-order valence-electron chi connectivity index (χ0n) is 12.3. The fraction of sp³-hybridized carbons (Fsp3) is 0.316. The molecule has 1 aliphatic carbocycles. The van der Waals surface area contributed by atoms with Crippen LogP contribution in [0, 0.1) is 5.92 Å². The number of ether oxygens (including phenoxy) is 1. The van der Waals surface area contributed by atoms with Crippen LogP contribution in [0.1, 0.15) is 34.8 Å². The lowest BCUT2D eigenvalue weighted by Crippen LogP contribution is -2.22. The summed E-state index contributed by atoms with van der Waals surface area (Å²) < 4.78 is 5.49. The summed E-state index contributed by atoms with van der Waals surface area (Å²) in [6.45, 7) is 2.57. The second-order valence-corrected chi connectivity index (χ2v) is 5.53. The minimum atomic E-state index is 0.0942. The van der Waals surface area contributed by atoms with E-state index in [1.165, 1.54) is 11.1 Å². The lowest BCUT2D eigenvalue weighted by atomic mass is 9.80. The molecule has 0 saturated carbocycles. The number of carbonyl (C=O) groups is 1. The third kappa shape index (κ3) is 2.99. The Kier molecular flexibility index (Phi) is 4.05. The van der Waals surface area contributed by atoms with E-state index in [0.29, 0.717) is 6.61 Å². The third-order valence-corrected chi connectivity index (χ3v) is 4.15. The van der Waals surface area contributed by atoms with Crippen LogP contribution in [-0.4, -0.2) is 12.4 Å². The highest BCUT2D eigenvalue weighted by Gasteiger charge is 2.25. The summed E-state index contributed by atoms with van der Waals surface area (Å²) in [4.78, 5) is 12.7. The highest BCUT2D eigenvalue weighted by Crippen LogP contribution is 2.28. The number of ketones is 1. The molecule has 0 aromatic heterocycles. The molecule has 2 aromatic carbocycles. The summed E-state index contributed by atoms with van der Waals surface area (Å²) in [6.07, 6.45) is 2.79. The average molecular weight is 280 g/mol. The molecule has 2 nitrogen and oxygen atoms in total. The molecule has 0 amide bonds. The van der Waals surface area contributed by atoms with Crippen LogP contribution in [0.15, 0.2) is 48.5 Å². The van der Waals surface area contributed by atoms with Crippen LogP contribution in [0.2, 0.25) is 0 Å². The predicted octanol–water partition coefficient (Wildman–Crippen LogP) is 4.07. The molecule has 0 fully saturated rings. The molecule has 108 valence electrons. The first-order valence-electron chi connectivity index (χ1n) is 7.62. The first kappa shape index (κ1) is 13.9. The summed E-state index contributed by atoms with van der Waals surface area (Å²) in [5, 5.41) is 0. The lowest BCUT2D eigenvalue weighted by Gasteiger charge is -2.23. The van der Waals surface area contributed by atoms with E-state index >= 15 is 0 Å². The van der Waals surface area contributed by atoms with E-state index in [2.05, 4.69) is 24.3 Å². The Labute approximate surface area is 125 Å². The van der Waals surface area contributed by atoms with Gasteiger partial charge in [-0.3, -0.25) is 4.79 Å². The maximum atomic E-state index is 12.7. The average Bonchev–Trinajstić information content (AvgIpc) is 2.54. The van der Waals surface area contributed by atoms with Gasteiger partial charge in [-0.2, -0.15) is 0 Å². The zero-order chi connectivity index (χ0) is 14.7. The van der Waals surface area contributed by atoms with Gasteiger partial charge in [-0.15, -0.1) is 0 Å². The molecule has 1 unspecified atom stereocenters. The Bertz CT molecular complexity index is 646. The first-order valence-corrected chi connectivity index (χ1v) is 7.62. The van der Waals surface area contributed by atoms with Gasteiger partial charge in [0.15, 0.2) is 5.78 Å². The Morgan fingerprint density at radius 2 is 1.95 bits per heavy atom. The number of aryl methyl sites for hydroxylation is 1. The lowest BCUT2D eigenvalue weighted by molar-refractivity contribution is 0.0908. The standard InChI is InChI=1S/C19H20O2/c1-2-21-18-9-5-8-16(13-18)19(20)17-11-10-14-6-3-4-7-15(14)12-17/h3-9,13,17H,2,10-12H2,1H3. The van der Waals surface area contributed by atoms with Crippen molar-refractivity contribution in [2.24, 2.45) is 5.92 Å². The summed E-state index contributed by atoms with van der Waals surface area (Å²) in [6, 6.07) is 16.0. The molecule has 0 bridgehead atoms. The summed E-state index contributed by atoms with van der Waals surface area (Å²) in [7, 11) is 0. The van der Waals surface area contributed by atoms with Crippen LogP contribution in [0.5, 0.6) is 5.75 Å². The molecule has 1 aliphatic rings. The minimum absolute atomic E-state index is 0.0942. The van der Waals surface area contributed by atoms with E-state index in [4.69, 9.17) is 4.74 Å². The highest BCUT2D eigenvalue weighted by atomic mass is 16.5. The van der Waals surface area contributed by atoms with Gasteiger partial charge in [0, 0.05) is 11.5 Å². The first-order chi connectivity index (χ1) is 10.3. The van der Waals surface area contributed by atoms with E-state index in [0.717, 1.165) is 30.6 Å². The number of fused-ring (bicyclic) bond motifs is 1. The molecule has 1 atom stereocenters. The SMILES string of the molecule is CCOc1cccc(C(=O)C2CCc3ccccc3C2)c1. The Morgan fingerprint density at radius 3 is 2.76 bits per heavy atom. The fourth-order valence-corrected chi connectivity index (χ4v) is 3.06. The van der Waals surface area contributed by atoms with Crippen LogP contribution in [0.25, 0.3) is 0 Å². The van der Waals surface area contributed by atoms with E-state index in [9.17, 15) is 4.79 Å². The van der Waals surface area contributed by atoms with Crippen molar-refractivity contribution in [2.45, 2.75) is 26.2 Å². The van der Waals surface area contributed by atoms with E-state index in [-0.39, 0.29) is 11.7 Å². The highest BCUT2D eigenvalue weighted by molar-refractivity contribution is 5.98. The quantitative estimate of drug-likeness (QED) is 0.789. The van der Waals surface area contributed by atoms with Crippen LogP contribution < -0.4 is 4.74 Å². The number of Topliss-reactive ketones (excluding diaryl/α,β-unsaturated/α-hetero) is 1. The van der Waals surface area contributed by atoms with Crippen molar-refractivity contribution >= 4 is 5.78 Å². The van der Waals surface area contributed by atoms with Crippen molar-refractivity contribution in [3.63, 3.8) is 0 Å². The van der Waals surface area contributed by atoms with Crippen molar-refractivity contribution in [3.05, 3.63) is 65.2 Å². The maximum Gasteiger partial charge on any atom is 0.166 e. The minimum Gasteiger partial charge on any atom is -0.494 e. The Balaban J connectivity index is 1.79. The largest absolute Gasteiger partial charge is 0.494 e. The van der Waals surface area contributed by atoms with Gasteiger partial charge < -0.3 is 4.74 Å². The molecule has 0 aliphatic heterocycles. The van der Waals surface area contributed by atoms with E-state index < -0.39 is 0 Å². The van der Waals surface area contributed by atoms with Crippen LogP contribution in [0.3, 0.4) is 0 Å². The smallest absolute Gasteiger partial charge is 0.166 e. The van der Waals surface area contributed by atoms with Crippen molar-refractivity contribution in [3.8, 4) is 5.75 Å². The van der Waals surface area contributed by atoms with Crippen molar-refractivity contribution in [2.75, 3.05) is 6.61 Å². The maximum absolute atomic E-state index is 12.7. The molecule has 0 radical (unpaired) electrons. The summed E-state index contributed by atoms with van der Waals surface area (Å²) in [5.74, 6) is 1.11. The van der Waals surface area contributed by atoms with Crippen LogP contribution in [0.4, 0.5) is 0 Å². The van der Waals surface area contributed by atoms with E-state index in [1.54, 1.807) is 0 Å². The fourth-order valence-electron chi connectivity index (χ4n) is 3.06. The predicted molar refractivity (Wildman–Crippen MR) is 83.9 cm³/mol. The van der Waals surface area contributed by atoms with Crippen LogP contribution >= 0.6 is 0 Å². The van der Waals surface area contributed by atoms with E-state index in [1.807, 2.05) is 31.2 Å². The van der Waals surface area contributed by atoms with Gasteiger partial charge in [0.25, 0.3) is 0 Å². The molecule has 2 aromatic rings. The monoisotopic (exact) mass is 280 g/mol. The zero-order valence-corrected chi connectivity index (χ0v) is 12.3. The normalized spacial score (nSPS) is 17.1. The van der Waals surface area contributed by atoms with Gasteiger partial charge >= 0.3 is 0 Å². The number of benzene rings is 2. The number of hydrogen-bond acceptors (Lipinski definition) is 2. The van der Waals surface area contributed by atoms with Gasteiger partial charge in [0.05, 0.1) is 6.61 Å². The van der Waals surface area contributed by atoms with Gasteiger partial charge in [0.1, 0.15) is 5.75 Å².